The Kier molecular flexibility index (Phi) is 3.30. The molecule has 0 saturated carbocycles. The van der Waals surface area contributed by atoms with Gasteiger partial charge < -0.3 is 4.98 Å². The van der Waals surface area contributed by atoms with Crippen LogP contribution in [0.5, 0.6) is 0 Å². The molecule has 0 aliphatic carbocycles. The summed E-state index contributed by atoms with van der Waals surface area (Å²) < 4.78 is 35.6. The minimum absolute atomic E-state index is 0.0375. The highest BCUT2D eigenvalue weighted by Gasteiger charge is 2.26. The molecule has 7 heteroatoms. The molecule has 0 aliphatic heterocycles. The van der Waals surface area contributed by atoms with Gasteiger partial charge in [-0.25, -0.2) is 4.98 Å². The predicted octanol–water partition coefficient (Wildman–Crippen LogP) is 2.03. The van der Waals surface area contributed by atoms with Crippen molar-refractivity contribution in [3.63, 3.8) is 0 Å². The fourth-order valence-corrected chi connectivity index (χ4v) is 1.00. The number of alkyl halides is 3. The number of rotatable bonds is 2. The van der Waals surface area contributed by atoms with E-state index < -0.39 is 18.2 Å². The normalized spacial score (nSPS) is 11.7. The van der Waals surface area contributed by atoms with Crippen LogP contribution in [0.2, 0.25) is 0 Å². The molecule has 0 saturated heterocycles. The molecule has 0 fully saturated rings. The van der Waals surface area contributed by atoms with Crippen molar-refractivity contribution in [3.05, 3.63) is 26.8 Å². The van der Waals surface area contributed by atoms with Crippen molar-refractivity contribution in [3.8, 4) is 0 Å². The van der Waals surface area contributed by atoms with Crippen LogP contribution in [0.25, 0.3) is 0 Å². The van der Waals surface area contributed by atoms with E-state index in [9.17, 15) is 18.0 Å². The number of nitrogens with one attached hydrogen (secondary N) is 1. The summed E-state index contributed by atoms with van der Waals surface area (Å²) in [5.74, 6) is 0.0375. The Labute approximate surface area is 85.5 Å². The van der Waals surface area contributed by atoms with Gasteiger partial charge in [-0.15, -0.1) is 0 Å². The van der Waals surface area contributed by atoms with Gasteiger partial charge in [0, 0.05) is 12.6 Å². The minimum atomic E-state index is -4.23. The number of hydrogen-bond acceptors (Lipinski definition) is 2. The summed E-state index contributed by atoms with van der Waals surface area (Å²) >= 11 is 2.89. The van der Waals surface area contributed by atoms with Gasteiger partial charge >= 0.3 is 6.18 Å². The summed E-state index contributed by atoms with van der Waals surface area (Å²) in [6.07, 6.45) is -4.35. The molecule has 0 amide bonds. The molecular formula is C7H6BrF3N2O. The number of aromatic nitrogens is 2. The maximum absolute atomic E-state index is 11.8. The predicted molar refractivity (Wildman–Crippen MR) is 46.9 cm³/mol. The summed E-state index contributed by atoms with van der Waals surface area (Å²) in [4.78, 5) is 16.8. The first-order valence-corrected chi connectivity index (χ1v) is 4.48. The number of aromatic amines is 1. The van der Waals surface area contributed by atoms with Crippen molar-refractivity contribution in [2.75, 3.05) is 0 Å². The fourth-order valence-electron chi connectivity index (χ4n) is 0.803. The lowest BCUT2D eigenvalue weighted by Crippen LogP contribution is -2.15. The third-order valence-corrected chi connectivity index (χ3v) is 2.02. The molecule has 1 rings (SSSR count). The van der Waals surface area contributed by atoms with E-state index >= 15 is 0 Å². The SMILES string of the molecule is O=c1[nH]c(CCC(F)(F)F)ncc1Br. The smallest absolute Gasteiger partial charge is 0.310 e. The van der Waals surface area contributed by atoms with E-state index in [4.69, 9.17) is 0 Å². The highest BCUT2D eigenvalue weighted by atomic mass is 79.9. The molecule has 0 bridgehead atoms. The fraction of sp³-hybridized carbons (Fsp3) is 0.429. The van der Waals surface area contributed by atoms with Crippen molar-refractivity contribution in [2.24, 2.45) is 0 Å². The largest absolute Gasteiger partial charge is 0.389 e. The van der Waals surface area contributed by atoms with Crippen LogP contribution < -0.4 is 5.56 Å². The first-order chi connectivity index (χ1) is 6.38. The number of halogens is 4. The van der Waals surface area contributed by atoms with Crippen LogP contribution in [-0.2, 0) is 6.42 Å². The van der Waals surface area contributed by atoms with E-state index in [1.807, 2.05) is 0 Å². The third kappa shape index (κ3) is 3.49. The van der Waals surface area contributed by atoms with Gasteiger partial charge in [0.05, 0.1) is 6.42 Å². The van der Waals surface area contributed by atoms with Crippen molar-refractivity contribution in [1.29, 1.82) is 0 Å². The zero-order valence-electron chi connectivity index (χ0n) is 6.86. The monoisotopic (exact) mass is 270 g/mol. The Morgan fingerprint density at radius 1 is 1.50 bits per heavy atom. The molecule has 0 spiro atoms. The van der Waals surface area contributed by atoms with Crippen LogP contribution in [0, 0.1) is 0 Å². The van der Waals surface area contributed by atoms with Gasteiger partial charge in [0.15, 0.2) is 0 Å². The van der Waals surface area contributed by atoms with E-state index in [1.54, 1.807) is 0 Å². The molecule has 78 valence electrons. The zero-order valence-corrected chi connectivity index (χ0v) is 8.44. The Morgan fingerprint density at radius 2 is 2.14 bits per heavy atom. The summed E-state index contributed by atoms with van der Waals surface area (Å²) in [5, 5.41) is 0. The first-order valence-electron chi connectivity index (χ1n) is 3.69. The van der Waals surface area contributed by atoms with Crippen LogP contribution in [0.15, 0.2) is 15.5 Å². The first kappa shape index (κ1) is 11.2. The molecular weight excluding hydrogens is 265 g/mol. The number of hydrogen-bond donors (Lipinski definition) is 1. The molecule has 3 nitrogen and oxygen atoms in total. The summed E-state index contributed by atoms with van der Waals surface area (Å²) in [6.45, 7) is 0. The van der Waals surface area contributed by atoms with Crippen LogP contribution in [0.3, 0.4) is 0 Å². The molecule has 1 N–H and O–H groups in total. The number of nitrogens with zero attached hydrogens (tertiary/aromatic N) is 1. The van der Waals surface area contributed by atoms with Crippen LogP contribution in [0.1, 0.15) is 12.2 Å². The van der Waals surface area contributed by atoms with Crippen LogP contribution in [0.4, 0.5) is 13.2 Å². The molecule has 1 heterocycles. The molecule has 0 unspecified atom stereocenters. The average Bonchev–Trinajstić information content (AvgIpc) is 2.06. The Balaban J connectivity index is 2.70. The van der Waals surface area contributed by atoms with E-state index in [-0.39, 0.29) is 16.7 Å². The van der Waals surface area contributed by atoms with E-state index in [2.05, 4.69) is 25.9 Å². The second-order valence-corrected chi connectivity index (χ2v) is 3.48. The van der Waals surface area contributed by atoms with Gasteiger partial charge in [-0.1, -0.05) is 0 Å². The van der Waals surface area contributed by atoms with E-state index in [0.29, 0.717) is 0 Å². The lowest BCUT2D eigenvalue weighted by atomic mass is 10.3. The molecule has 0 aliphatic rings. The lowest BCUT2D eigenvalue weighted by molar-refractivity contribution is -0.134. The maximum atomic E-state index is 11.8. The van der Waals surface area contributed by atoms with E-state index in [0.717, 1.165) is 0 Å². The highest BCUT2D eigenvalue weighted by molar-refractivity contribution is 9.10. The maximum Gasteiger partial charge on any atom is 0.389 e. The molecule has 1 aromatic heterocycles. The quantitative estimate of drug-likeness (QED) is 0.894. The standard InChI is InChI=1S/C7H6BrF3N2O/c8-4-3-12-5(13-6(4)14)1-2-7(9,10)11/h3H,1-2H2,(H,12,13,14). The molecule has 0 radical (unpaired) electrons. The van der Waals surface area contributed by atoms with Gasteiger partial charge in [-0.2, -0.15) is 13.2 Å². The summed E-state index contributed by atoms with van der Waals surface area (Å²) in [7, 11) is 0. The van der Waals surface area contributed by atoms with Crippen molar-refractivity contribution in [2.45, 2.75) is 19.0 Å². The number of aryl methyl sites for hydroxylation is 1. The minimum Gasteiger partial charge on any atom is -0.310 e. The molecule has 1 aromatic rings. The van der Waals surface area contributed by atoms with Crippen molar-refractivity contribution < 1.29 is 13.2 Å². The Morgan fingerprint density at radius 3 is 2.64 bits per heavy atom. The number of H-pyrrole nitrogens is 1. The van der Waals surface area contributed by atoms with Crippen LogP contribution >= 0.6 is 15.9 Å². The topological polar surface area (TPSA) is 45.8 Å². The van der Waals surface area contributed by atoms with Crippen molar-refractivity contribution >= 4 is 15.9 Å². The second-order valence-electron chi connectivity index (χ2n) is 2.62. The van der Waals surface area contributed by atoms with Gasteiger partial charge in [-0.05, 0) is 15.9 Å². The summed E-state index contributed by atoms with van der Waals surface area (Å²) in [5.41, 5.74) is -0.475. The van der Waals surface area contributed by atoms with Gasteiger partial charge in [0.1, 0.15) is 10.3 Å². The zero-order chi connectivity index (χ0) is 10.8. The lowest BCUT2D eigenvalue weighted by Gasteiger charge is -2.04. The molecule has 0 aromatic carbocycles. The summed E-state index contributed by atoms with van der Waals surface area (Å²) in [6, 6.07) is 0. The van der Waals surface area contributed by atoms with E-state index in [1.165, 1.54) is 6.20 Å². The average molecular weight is 271 g/mol. The van der Waals surface area contributed by atoms with Gasteiger partial charge in [0.2, 0.25) is 0 Å². The van der Waals surface area contributed by atoms with Crippen LogP contribution in [-0.4, -0.2) is 16.1 Å². The molecule has 0 atom stereocenters. The van der Waals surface area contributed by atoms with Gasteiger partial charge in [0.25, 0.3) is 5.56 Å². The Hall–Kier alpha value is -0.850. The Bertz CT molecular complexity index is 374. The molecule has 14 heavy (non-hydrogen) atoms. The van der Waals surface area contributed by atoms with Crippen molar-refractivity contribution in [1.82, 2.24) is 9.97 Å². The second kappa shape index (κ2) is 4.12. The highest BCUT2D eigenvalue weighted by Crippen LogP contribution is 2.20. The van der Waals surface area contributed by atoms with Gasteiger partial charge in [-0.3, -0.25) is 4.79 Å². The third-order valence-electron chi connectivity index (χ3n) is 1.45.